The van der Waals surface area contributed by atoms with Crippen molar-refractivity contribution in [3.05, 3.63) is 125 Å². The van der Waals surface area contributed by atoms with Crippen LogP contribution in [0.3, 0.4) is 0 Å². The molecular formula is C33H24BrNO. The van der Waals surface area contributed by atoms with E-state index in [2.05, 4.69) is 132 Å². The van der Waals surface area contributed by atoms with Crippen molar-refractivity contribution in [2.75, 3.05) is 4.90 Å². The maximum Gasteiger partial charge on any atom is 0.137 e. The predicted octanol–water partition coefficient (Wildman–Crippen LogP) is 10.1. The molecule has 0 bridgehead atoms. The van der Waals surface area contributed by atoms with Crippen LogP contribution in [-0.2, 0) is 5.41 Å². The molecule has 1 heterocycles. The molecule has 1 aromatic heterocycles. The number of fused-ring (bicyclic) bond motifs is 6. The number of rotatable bonds is 3. The average Bonchev–Trinajstić information content (AvgIpc) is 3.38. The molecule has 3 heteroatoms. The van der Waals surface area contributed by atoms with Crippen LogP contribution in [0.25, 0.3) is 33.1 Å². The monoisotopic (exact) mass is 529 g/mol. The molecule has 0 saturated carbocycles. The smallest absolute Gasteiger partial charge is 0.137 e. The number of hydrogen-bond acceptors (Lipinski definition) is 2. The van der Waals surface area contributed by atoms with Gasteiger partial charge in [-0.15, -0.1) is 0 Å². The van der Waals surface area contributed by atoms with Gasteiger partial charge in [0.2, 0.25) is 0 Å². The lowest BCUT2D eigenvalue weighted by Crippen LogP contribution is -2.16. The number of nitrogens with zero attached hydrogens (tertiary/aromatic N) is 1. The molecule has 1 aliphatic rings. The fourth-order valence-electron chi connectivity index (χ4n) is 5.82. The van der Waals surface area contributed by atoms with E-state index >= 15 is 0 Å². The zero-order valence-corrected chi connectivity index (χ0v) is 21.7. The second-order valence-corrected chi connectivity index (χ2v) is 10.9. The van der Waals surface area contributed by atoms with Crippen LogP contribution in [0, 0.1) is 0 Å². The summed E-state index contributed by atoms with van der Waals surface area (Å²) in [7, 11) is 0. The van der Waals surface area contributed by atoms with Crippen molar-refractivity contribution in [2.45, 2.75) is 19.3 Å². The van der Waals surface area contributed by atoms with Crippen molar-refractivity contribution in [1.82, 2.24) is 0 Å². The number of halogens is 1. The third-order valence-electron chi connectivity index (χ3n) is 7.51. The molecule has 2 nitrogen and oxygen atoms in total. The molecule has 7 rings (SSSR count). The second-order valence-electron chi connectivity index (χ2n) is 9.96. The molecule has 0 fully saturated rings. The summed E-state index contributed by atoms with van der Waals surface area (Å²) < 4.78 is 7.30. The van der Waals surface area contributed by atoms with Crippen LogP contribution in [0.15, 0.2) is 118 Å². The van der Waals surface area contributed by atoms with E-state index in [1.807, 2.05) is 12.1 Å². The van der Waals surface area contributed by atoms with Crippen LogP contribution >= 0.6 is 15.9 Å². The highest BCUT2D eigenvalue weighted by molar-refractivity contribution is 9.10. The van der Waals surface area contributed by atoms with E-state index in [1.165, 1.54) is 22.3 Å². The normalized spacial score (nSPS) is 13.6. The van der Waals surface area contributed by atoms with E-state index in [0.29, 0.717) is 0 Å². The summed E-state index contributed by atoms with van der Waals surface area (Å²) >= 11 is 3.70. The lowest BCUT2D eigenvalue weighted by atomic mass is 9.82. The van der Waals surface area contributed by atoms with Gasteiger partial charge >= 0.3 is 0 Å². The summed E-state index contributed by atoms with van der Waals surface area (Å²) in [6, 6.07) is 38.8. The summed E-state index contributed by atoms with van der Waals surface area (Å²) in [5, 5.41) is 2.24. The van der Waals surface area contributed by atoms with Crippen LogP contribution in [0.4, 0.5) is 17.1 Å². The maximum absolute atomic E-state index is 6.25. The minimum atomic E-state index is -0.0702. The highest BCUT2D eigenvalue weighted by atomic mass is 79.9. The highest BCUT2D eigenvalue weighted by Gasteiger charge is 2.35. The first-order chi connectivity index (χ1) is 17.5. The first-order valence-corrected chi connectivity index (χ1v) is 13.0. The Labute approximate surface area is 218 Å². The fourth-order valence-corrected chi connectivity index (χ4v) is 6.20. The number of para-hydroxylation sites is 1. The van der Waals surface area contributed by atoms with E-state index in [-0.39, 0.29) is 5.41 Å². The molecule has 0 saturated heterocycles. The van der Waals surface area contributed by atoms with E-state index in [4.69, 9.17) is 4.42 Å². The molecule has 36 heavy (non-hydrogen) atoms. The maximum atomic E-state index is 6.25. The number of hydrogen-bond donors (Lipinski definition) is 0. The summed E-state index contributed by atoms with van der Waals surface area (Å²) in [4.78, 5) is 2.36. The molecule has 6 aromatic rings. The van der Waals surface area contributed by atoms with Gasteiger partial charge in [-0.25, -0.2) is 0 Å². The van der Waals surface area contributed by atoms with Gasteiger partial charge in [-0.2, -0.15) is 0 Å². The third kappa shape index (κ3) is 3.09. The Kier molecular flexibility index (Phi) is 4.67. The number of benzene rings is 5. The van der Waals surface area contributed by atoms with Gasteiger partial charge in [0.05, 0.1) is 11.1 Å². The summed E-state index contributed by atoms with van der Waals surface area (Å²) in [6.45, 7) is 4.66. The zero-order valence-electron chi connectivity index (χ0n) is 20.1. The van der Waals surface area contributed by atoms with Gasteiger partial charge in [0.15, 0.2) is 0 Å². The molecule has 0 aliphatic heterocycles. The van der Waals surface area contributed by atoms with Crippen molar-refractivity contribution in [3.63, 3.8) is 0 Å². The molecule has 174 valence electrons. The van der Waals surface area contributed by atoms with Gasteiger partial charge < -0.3 is 9.32 Å². The van der Waals surface area contributed by atoms with Crippen LogP contribution in [0.2, 0.25) is 0 Å². The van der Waals surface area contributed by atoms with Crippen molar-refractivity contribution in [1.29, 1.82) is 0 Å². The van der Waals surface area contributed by atoms with Crippen LogP contribution in [0.5, 0.6) is 0 Å². The number of anilines is 3. The van der Waals surface area contributed by atoms with Crippen molar-refractivity contribution < 1.29 is 4.42 Å². The zero-order chi connectivity index (χ0) is 24.4. The SMILES string of the molecule is CC1(C)c2ccccc2-c2ccc(N(c3cccc(Br)c3)c3cccc4oc5ccccc5c34)cc21. The van der Waals surface area contributed by atoms with Crippen molar-refractivity contribution in [2.24, 2.45) is 0 Å². The van der Waals surface area contributed by atoms with E-state index < -0.39 is 0 Å². The Morgan fingerprint density at radius 1 is 0.639 bits per heavy atom. The molecule has 0 atom stereocenters. The van der Waals surface area contributed by atoms with Crippen LogP contribution < -0.4 is 4.90 Å². The summed E-state index contributed by atoms with van der Waals surface area (Å²) in [5.41, 5.74) is 10.4. The van der Waals surface area contributed by atoms with Crippen LogP contribution in [-0.4, -0.2) is 0 Å². The number of furan rings is 1. The summed E-state index contributed by atoms with van der Waals surface area (Å²) in [6.07, 6.45) is 0. The Balaban J connectivity index is 1.51. The Morgan fingerprint density at radius 2 is 1.36 bits per heavy atom. The molecular weight excluding hydrogens is 506 g/mol. The van der Waals surface area contributed by atoms with Crippen molar-refractivity contribution >= 4 is 54.9 Å². The molecule has 1 aliphatic carbocycles. The van der Waals surface area contributed by atoms with Gasteiger partial charge in [-0.05, 0) is 70.8 Å². The predicted molar refractivity (Wildman–Crippen MR) is 154 cm³/mol. The fraction of sp³-hybridized carbons (Fsp3) is 0.0909. The largest absolute Gasteiger partial charge is 0.456 e. The first kappa shape index (κ1) is 21.5. The minimum Gasteiger partial charge on any atom is -0.456 e. The van der Waals surface area contributed by atoms with Gasteiger partial charge in [-0.1, -0.05) is 90.4 Å². The van der Waals surface area contributed by atoms with Crippen molar-refractivity contribution in [3.8, 4) is 11.1 Å². The third-order valence-corrected chi connectivity index (χ3v) is 8.01. The van der Waals surface area contributed by atoms with Crippen LogP contribution in [0.1, 0.15) is 25.0 Å². The average molecular weight is 530 g/mol. The highest BCUT2D eigenvalue weighted by Crippen LogP contribution is 2.51. The standard InChI is InChI=1S/C33H24BrNO/c1-33(2)27-13-5-3-11-24(27)25-18-17-23(20-28(25)33)35(22-10-7-9-21(34)19-22)29-14-8-16-31-32(29)26-12-4-6-15-30(26)36-31/h3-20H,1-2H3. The second kappa shape index (κ2) is 7.84. The molecule has 0 unspecified atom stereocenters. The summed E-state index contributed by atoms with van der Waals surface area (Å²) in [5.74, 6) is 0. The minimum absolute atomic E-state index is 0.0702. The first-order valence-electron chi connectivity index (χ1n) is 12.2. The Bertz CT molecular complexity index is 1800. The van der Waals surface area contributed by atoms with E-state index in [1.54, 1.807) is 0 Å². The van der Waals surface area contributed by atoms with Gasteiger partial charge in [0.25, 0.3) is 0 Å². The molecule has 0 radical (unpaired) electrons. The van der Waals surface area contributed by atoms with Gasteiger partial charge in [0.1, 0.15) is 11.2 Å². The Morgan fingerprint density at radius 3 is 2.25 bits per heavy atom. The van der Waals surface area contributed by atoms with Gasteiger partial charge in [0, 0.05) is 26.6 Å². The Hall–Kier alpha value is -3.82. The van der Waals surface area contributed by atoms with Gasteiger partial charge in [-0.3, -0.25) is 0 Å². The van der Waals surface area contributed by atoms with E-state index in [0.717, 1.165) is 43.5 Å². The molecule has 0 N–H and O–H groups in total. The quantitative estimate of drug-likeness (QED) is 0.226. The molecule has 5 aromatic carbocycles. The molecule has 0 amide bonds. The lowest BCUT2D eigenvalue weighted by Gasteiger charge is -2.28. The van der Waals surface area contributed by atoms with E-state index in [9.17, 15) is 0 Å². The molecule has 0 spiro atoms. The lowest BCUT2D eigenvalue weighted by molar-refractivity contribution is 0.660. The topological polar surface area (TPSA) is 16.4 Å².